The van der Waals surface area contributed by atoms with Gasteiger partial charge in [-0.1, -0.05) is 26.0 Å². The van der Waals surface area contributed by atoms with E-state index in [1.165, 1.54) is 21.7 Å². The standard InChI is InChI=1S/C17H21N3O3S2/c1-4-20(5-2)25(22,23)15-9-6-14(7-10-15)8-11-16(21)19-17-18-12-13(3)24-17/h6-12H,4-5H2,1-3H3,(H,18,19,21). The van der Waals surface area contributed by atoms with Crippen LogP contribution in [0.3, 0.4) is 0 Å². The van der Waals surface area contributed by atoms with Crippen molar-refractivity contribution in [2.45, 2.75) is 25.7 Å². The van der Waals surface area contributed by atoms with Crippen LogP contribution in [0.25, 0.3) is 6.08 Å². The topological polar surface area (TPSA) is 79.4 Å². The van der Waals surface area contributed by atoms with E-state index in [9.17, 15) is 13.2 Å². The average molecular weight is 380 g/mol. The fourth-order valence-electron chi connectivity index (χ4n) is 2.19. The summed E-state index contributed by atoms with van der Waals surface area (Å²) in [5.74, 6) is -0.283. The van der Waals surface area contributed by atoms with E-state index in [2.05, 4.69) is 10.3 Å². The molecule has 134 valence electrons. The van der Waals surface area contributed by atoms with Gasteiger partial charge in [0.05, 0.1) is 4.90 Å². The highest BCUT2D eigenvalue weighted by atomic mass is 32.2. The maximum absolute atomic E-state index is 12.4. The van der Waals surface area contributed by atoms with Gasteiger partial charge in [-0.2, -0.15) is 4.31 Å². The molecule has 6 nitrogen and oxygen atoms in total. The van der Waals surface area contributed by atoms with Crippen LogP contribution in [0.2, 0.25) is 0 Å². The van der Waals surface area contributed by atoms with E-state index in [0.717, 1.165) is 10.4 Å². The molecule has 1 heterocycles. The lowest BCUT2D eigenvalue weighted by atomic mass is 10.2. The first kappa shape index (κ1) is 19.3. The molecule has 0 saturated heterocycles. The van der Waals surface area contributed by atoms with Crippen molar-refractivity contribution in [3.63, 3.8) is 0 Å². The Morgan fingerprint density at radius 1 is 1.24 bits per heavy atom. The Morgan fingerprint density at radius 2 is 1.88 bits per heavy atom. The predicted molar refractivity (Wildman–Crippen MR) is 101 cm³/mol. The molecule has 2 rings (SSSR count). The minimum Gasteiger partial charge on any atom is -0.298 e. The van der Waals surface area contributed by atoms with Crippen LogP contribution in [0, 0.1) is 6.92 Å². The van der Waals surface area contributed by atoms with E-state index in [0.29, 0.717) is 18.2 Å². The molecule has 0 spiro atoms. The number of nitrogens with zero attached hydrogens (tertiary/aromatic N) is 2. The van der Waals surface area contributed by atoms with Crippen LogP contribution in [0.4, 0.5) is 5.13 Å². The molecule has 1 aromatic carbocycles. The van der Waals surface area contributed by atoms with Crippen molar-refractivity contribution >= 4 is 38.5 Å². The molecule has 1 N–H and O–H groups in total. The smallest absolute Gasteiger partial charge is 0.250 e. The van der Waals surface area contributed by atoms with Crippen molar-refractivity contribution in [3.05, 3.63) is 47.0 Å². The highest BCUT2D eigenvalue weighted by Gasteiger charge is 2.20. The fraction of sp³-hybridized carbons (Fsp3) is 0.294. The van der Waals surface area contributed by atoms with Gasteiger partial charge in [0.2, 0.25) is 15.9 Å². The third-order valence-electron chi connectivity index (χ3n) is 3.50. The number of aromatic nitrogens is 1. The molecule has 0 aliphatic heterocycles. The third kappa shape index (κ3) is 4.97. The SMILES string of the molecule is CCN(CC)S(=O)(=O)c1ccc(C=CC(=O)Nc2ncc(C)s2)cc1. The van der Waals surface area contributed by atoms with Gasteiger partial charge in [0.15, 0.2) is 5.13 Å². The summed E-state index contributed by atoms with van der Waals surface area (Å²) in [4.78, 5) is 17.2. The van der Waals surface area contributed by atoms with E-state index in [1.54, 1.807) is 50.4 Å². The summed E-state index contributed by atoms with van der Waals surface area (Å²) in [6.07, 6.45) is 4.72. The van der Waals surface area contributed by atoms with E-state index in [4.69, 9.17) is 0 Å². The monoisotopic (exact) mass is 379 g/mol. The quantitative estimate of drug-likeness (QED) is 0.750. The van der Waals surface area contributed by atoms with Crippen molar-refractivity contribution in [1.29, 1.82) is 0 Å². The highest BCUT2D eigenvalue weighted by molar-refractivity contribution is 7.89. The molecule has 0 saturated carbocycles. The summed E-state index contributed by atoms with van der Waals surface area (Å²) < 4.78 is 26.2. The van der Waals surface area contributed by atoms with Crippen LogP contribution >= 0.6 is 11.3 Å². The summed E-state index contributed by atoms with van der Waals surface area (Å²) in [6.45, 7) is 6.38. The molecule has 1 aromatic heterocycles. The molecule has 0 aliphatic rings. The molecular formula is C17H21N3O3S2. The van der Waals surface area contributed by atoms with Gasteiger partial charge in [-0.3, -0.25) is 10.1 Å². The number of nitrogens with one attached hydrogen (secondary N) is 1. The summed E-state index contributed by atoms with van der Waals surface area (Å²) in [6, 6.07) is 6.45. The van der Waals surface area contributed by atoms with Crippen LogP contribution in [0.15, 0.2) is 41.4 Å². The molecule has 2 aromatic rings. The fourth-order valence-corrected chi connectivity index (χ4v) is 4.32. The minimum absolute atomic E-state index is 0.246. The first-order valence-electron chi connectivity index (χ1n) is 7.88. The number of anilines is 1. The molecule has 8 heteroatoms. The van der Waals surface area contributed by atoms with Crippen LogP contribution in [0.5, 0.6) is 0 Å². The minimum atomic E-state index is -3.46. The van der Waals surface area contributed by atoms with E-state index >= 15 is 0 Å². The number of sulfonamides is 1. The lowest BCUT2D eigenvalue weighted by Crippen LogP contribution is -2.30. The Labute approximate surface area is 152 Å². The highest BCUT2D eigenvalue weighted by Crippen LogP contribution is 2.18. The zero-order chi connectivity index (χ0) is 18.4. The zero-order valence-electron chi connectivity index (χ0n) is 14.4. The van der Waals surface area contributed by atoms with Crippen LogP contribution in [-0.4, -0.2) is 36.7 Å². The second kappa shape index (κ2) is 8.37. The van der Waals surface area contributed by atoms with Gasteiger partial charge in [-0.05, 0) is 30.7 Å². The van der Waals surface area contributed by atoms with Gasteiger partial charge in [0, 0.05) is 30.2 Å². The molecule has 1 amide bonds. The number of rotatable bonds is 7. The number of hydrogen-bond acceptors (Lipinski definition) is 5. The predicted octanol–water partition coefficient (Wildman–Crippen LogP) is 3.13. The van der Waals surface area contributed by atoms with E-state index in [-0.39, 0.29) is 10.8 Å². The van der Waals surface area contributed by atoms with Gasteiger partial charge < -0.3 is 0 Å². The second-order valence-electron chi connectivity index (χ2n) is 5.26. The van der Waals surface area contributed by atoms with Crippen molar-refractivity contribution < 1.29 is 13.2 Å². The summed E-state index contributed by atoms with van der Waals surface area (Å²) >= 11 is 1.40. The van der Waals surface area contributed by atoms with Gasteiger partial charge in [-0.25, -0.2) is 13.4 Å². The van der Waals surface area contributed by atoms with Crippen molar-refractivity contribution in [2.24, 2.45) is 0 Å². The first-order valence-corrected chi connectivity index (χ1v) is 10.1. The Hall–Kier alpha value is -2.03. The van der Waals surface area contributed by atoms with Crippen LogP contribution in [0.1, 0.15) is 24.3 Å². The van der Waals surface area contributed by atoms with E-state index < -0.39 is 10.0 Å². The Bertz CT molecular complexity index is 852. The first-order chi connectivity index (χ1) is 11.9. The van der Waals surface area contributed by atoms with Crippen LogP contribution in [-0.2, 0) is 14.8 Å². The molecule has 0 atom stereocenters. The summed E-state index contributed by atoms with van der Waals surface area (Å²) in [5, 5.41) is 3.23. The number of carbonyl (C=O) groups excluding carboxylic acids is 1. The van der Waals surface area contributed by atoms with Gasteiger partial charge in [0.25, 0.3) is 0 Å². The Kier molecular flexibility index (Phi) is 6.46. The van der Waals surface area contributed by atoms with Crippen molar-refractivity contribution in [1.82, 2.24) is 9.29 Å². The maximum atomic E-state index is 12.4. The lowest BCUT2D eigenvalue weighted by Gasteiger charge is -2.18. The number of amides is 1. The van der Waals surface area contributed by atoms with Gasteiger partial charge >= 0.3 is 0 Å². The van der Waals surface area contributed by atoms with Crippen molar-refractivity contribution in [2.75, 3.05) is 18.4 Å². The average Bonchev–Trinajstić information content (AvgIpc) is 2.99. The largest absolute Gasteiger partial charge is 0.298 e. The normalized spacial score (nSPS) is 12.0. The zero-order valence-corrected chi connectivity index (χ0v) is 16.0. The Morgan fingerprint density at radius 3 is 2.40 bits per heavy atom. The summed E-state index contributed by atoms with van der Waals surface area (Å²) in [5.41, 5.74) is 0.740. The van der Waals surface area contributed by atoms with E-state index in [1.807, 2.05) is 6.92 Å². The number of hydrogen-bond donors (Lipinski definition) is 1. The number of aryl methyl sites for hydroxylation is 1. The molecule has 25 heavy (non-hydrogen) atoms. The Balaban J connectivity index is 2.06. The molecule has 0 aliphatic carbocycles. The summed E-state index contributed by atoms with van der Waals surface area (Å²) in [7, 11) is -3.46. The van der Waals surface area contributed by atoms with Crippen molar-refractivity contribution in [3.8, 4) is 0 Å². The molecular weight excluding hydrogens is 358 g/mol. The molecule has 0 bridgehead atoms. The van der Waals surface area contributed by atoms with Gasteiger partial charge in [-0.15, -0.1) is 11.3 Å². The van der Waals surface area contributed by atoms with Gasteiger partial charge in [0.1, 0.15) is 0 Å². The van der Waals surface area contributed by atoms with Crippen LogP contribution < -0.4 is 5.32 Å². The number of carbonyl (C=O) groups is 1. The second-order valence-corrected chi connectivity index (χ2v) is 8.43. The molecule has 0 radical (unpaired) electrons. The molecule has 0 fully saturated rings. The lowest BCUT2D eigenvalue weighted by molar-refractivity contribution is -0.111. The number of benzene rings is 1. The molecule has 0 unspecified atom stereocenters. The number of thiazole rings is 1. The third-order valence-corrected chi connectivity index (χ3v) is 6.39. The maximum Gasteiger partial charge on any atom is 0.250 e.